The number of benzene rings is 1. The topological polar surface area (TPSA) is 46.2 Å². The van der Waals surface area contributed by atoms with Crippen molar-refractivity contribution >= 4 is 0 Å². The second kappa shape index (κ2) is 5.15. The molecule has 0 radical (unpaired) electrons. The minimum atomic E-state index is -4.74. The Bertz CT molecular complexity index is 410. The number of nitrogens with two attached hydrogens (primary N) is 1. The molecule has 0 aromatic heterocycles. The minimum Gasteiger partial charge on any atom is -0.388 e. The molecule has 0 fully saturated rings. The standard InChI is InChI=1S/C10H9F6NO/c11-5-1-4(2-6(12)9(5)13)7(18)3-8(17)10(14,15)16/h1-2,7-8,18H,3,17H2/t7-,8+/m1/s1. The fraction of sp³-hybridized carbons (Fsp3) is 0.400. The zero-order chi connectivity index (χ0) is 14.1. The van der Waals surface area contributed by atoms with Gasteiger partial charge in [0.25, 0.3) is 0 Å². The van der Waals surface area contributed by atoms with Gasteiger partial charge in [-0.3, -0.25) is 0 Å². The van der Waals surface area contributed by atoms with E-state index in [1.165, 1.54) is 0 Å². The van der Waals surface area contributed by atoms with Crippen molar-refractivity contribution in [1.82, 2.24) is 0 Å². The quantitative estimate of drug-likeness (QED) is 0.656. The highest BCUT2D eigenvalue weighted by atomic mass is 19.4. The molecule has 18 heavy (non-hydrogen) atoms. The lowest BCUT2D eigenvalue weighted by molar-refractivity contribution is -0.153. The van der Waals surface area contributed by atoms with Crippen LogP contribution in [-0.4, -0.2) is 17.3 Å². The molecule has 0 amide bonds. The lowest BCUT2D eigenvalue weighted by Crippen LogP contribution is -2.38. The van der Waals surface area contributed by atoms with Gasteiger partial charge < -0.3 is 10.8 Å². The fourth-order valence-electron chi connectivity index (χ4n) is 1.28. The molecule has 0 unspecified atom stereocenters. The fourth-order valence-corrected chi connectivity index (χ4v) is 1.28. The molecule has 102 valence electrons. The second-order valence-electron chi connectivity index (χ2n) is 3.70. The van der Waals surface area contributed by atoms with E-state index in [1.54, 1.807) is 0 Å². The number of halogens is 6. The summed E-state index contributed by atoms with van der Waals surface area (Å²) < 4.78 is 74.5. The number of aliphatic hydroxyl groups is 1. The number of aliphatic hydroxyl groups excluding tert-OH is 1. The van der Waals surface area contributed by atoms with Crippen LogP contribution in [-0.2, 0) is 0 Å². The van der Waals surface area contributed by atoms with Crippen molar-refractivity contribution in [1.29, 1.82) is 0 Å². The number of alkyl halides is 3. The minimum absolute atomic E-state index is 0.423. The maximum Gasteiger partial charge on any atom is 0.403 e. The Balaban J connectivity index is 2.88. The van der Waals surface area contributed by atoms with Crippen LogP contribution in [0.1, 0.15) is 18.1 Å². The van der Waals surface area contributed by atoms with Gasteiger partial charge in [-0.2, -0.15) is 13.2 Å². The third kappa shape index (κ3) is 3.36. The molecule has 0 saturated heterocycles. The lowest BCUT2D eigenvalue weighted by atomic mass is 10.0. The van der Waals surface area contributed by atoms with Crippen molar-refractivity contribution in [2.24, 2.45) is 5.73 Å². The van der Waals surface area contributed by atoms with Gasteiger partial charge in [-0.05, 0) is 17.7 Å². The van der Waals surface area contributed by atoms with Crippen molar-refractivity contribution in [3.8, 4) is 0 Å². The van der Waals surface area contributed by atoms with Gasteiger partial charge in [0.05, 0.1) is 6.10 Å². The normalized spacial score (nSPS) is 15.6. The molecule has 2 atom stereocenters. The molecular weight excluding hydrogens is 264 g/mol. The third-order valence-corrected chi connectivity index (χ3v) is 2.29. The predicted molar refractivity (Wildman–Crippen MR) is 49.9 cm³/mol. The van der Waals surface area contributed by atoms with Crippen LogP contribution in [0.4, 0.5) is 26.3 Å². The van der Waals surface area contributed by atoms with Crippen LogP contribution in [0.15, 0.2) is 12.1 Å². The Hall–Kier alpha value is -1.28. The number of hydrogen-bond donors (Lipinski definition) is 2. The summed E-state index contributed by atoms with van der Waals surface area (Å²) >= 11 is 0. The van der Waals surface area contributed by atoms with Gasteiger partial charge in [0, 0.05) is 6.42 Å². The summed E-state index contributed by atoms with van der Waals surface area (Å²) in [6.07, 6.45) is -7.56. The van der Waals surface area contributed by atoms with Gasteiger partial charge in [-0.15, -0.1) is 0 Å². The number of rotatable bonds is 3. The van der Waals surface area contributed by atoms with E-state index in [1.807, 2.05) is 0 Å². The summed E-state index contributed by atoms with van der Waals surface area (Å²) in [7, 11) is 0. The first-order valence-corrected chi connectivity index (χ1v) is 4.77. The van der Waals surface area contributed by atoms with Gasteiger partial charge in [0.15, 0.2) is 17.5 Å². The Kier molecular flexibility index (Phi) is 4.23. The molecule has 0 spiro atoms. The highest BCUT2D eigenvalue weighted by molar-refractivity contribution is 5.21. The van der Waals surface area contributed by atoms with Crippen molar-refractivity contribution < 1.29 is 31.4 Å². The summed E-state index contributed by atoms with van der Waals surface area (Å²) in [4.78, 5) is 0. The van der Waals surface area contributed by atoms with Crippen molar-refractivity contribution in [3.63, 3.8) is 0 Å². The van der Waals surface area contributed by atoms with E-state index in [9.17, 15) is 31.4 Å². The monoisotopic (exact) mass is 273 g/mol. The summed E-state index contributed by atoms with van der Waals surface area (Å²) in [6, 6.07) is -1.50. The zero-order valence-electron chi connectivity index (χ0n) is 8.81. The van der Waals surface area contributed by atoms with Crippen molar-refractivity contribution in [2.75, 3.05) is 0 Å². The molecule has 8 heteroatoms. The maximum atomic E-state index is 12.8. The van der Waals surface area contributed by atoms with Crippen molar-refractivity contribution in [3.05, 3.63) is 35.1 Å². The number of hydrogen-bond acceptors (Lipinski definition) is 2. The van der Waals surface area contributed by atoms with E-state index in [0.717, 1.165) is 0 Å². The summed E-state index contributed by atoms with van der Waals surface area (Å²) in [6.45, 7) is 0. The molecule has 0 aliphatic carbocycles. The first-order chi connectivity index (χ1) is 8.12. The highest BCUT2D eigenvalue weighted by Crippen LogP contribution is 2.28. The van der Waals surface area contributed by atoms with Gasteiger partial charge in [0.2, 0.25) is 0 Å². The van der Waals surface area contributed by atoms with Gasteiger partial charge >= 0.3 is 6.18 Å². The maximum absolute atomic E-state index is 12.8. The molecule has 1 aromatic rings. The molecule has 3 N–H and O–H groups in total. The van der Waals surface area contributed by atoms with Crippen molar-refractivity contribution in [2.45, 2.75) is 24.7 Å². The van der Waals surface area contributed by atoms with E-state index < -0.39 is 47.8 Å². The largest absolute Gasteiger partial charge is 0.403 e. The summed E-state index contributed by atoms with van der Waals surface area (Å²) in [5.41, 5.74) is 4.24. The highest BCUT2D eigenvalue weighted by Gasteiger charge is 2.38. The first-order valence-electron chi connectivity index (χ1n) is 4.77. The van der Waals surface area contributed by atoms with Gasteiger partial charge in [-0.1, -0.05) is 0 Å². The van der Waals surface area contributed by atoms with Crippen LogP contribution in [0, 0.1) is 17.5 Å². The molecule has 0 bridgehead atoms. The summed E-state index contributed by atoms with van der Waals surface area (Å²) in [5, 5.41) is 9.36. The smallest absolute Gasteiger partial charge is 0.388 e. The van der Waals surface area contributed by atoms with Gasteiger partial charge in [-0.25, -0.2) is 13.2 Å². The SMILES string of the molecule is N[C@@H](C[C@@H](O)c1cc(F)c(F)c(F)c1)C(F)(F)F. The Morgan fingerprint density at radius 3 is 1.94 bits per heavy atom. The van der Waals surface area contributed by atoms with E-state index in [4.69, 9.17) is 5.73 Å². The van der Waals surface area contributed by atoms with Gasteiger partial charge in [0.1, 0.15) is 6.04 Å². The van der Waals surface area contributed by atoms with Crippen LogP contribution in [0.25, 0.3) is 0 Å². The average molecular weight is 273 g/mol. The van der Waals surface area contributed by atoms with E-state index in [-0.39, 0.29) is 0 Å². The van der Waals surface area contributed by atoms with Crippen LogP contribution >= 0.6 is 0 Å². The summed E-state index contributed by atoms with van der Waals surface area (Å²) in [5.74, 6) is -4.94. The van der Waals surface area contributed by atoms with Crippen LogP contribution in [0.2, 0.25) is 0 Å². The van der Waals surface area contributed by atoms with Crippen LogP contribution in [0.5, 0.6) is 0 Å². The molecule has 0 heterocycles. The molecule has 0 saturated carbocycles. The Labute approximate surface area is 98.0 Å². The Morgan fingerprint density at radius 2 is 1.56 bits per heavy atom. The third-order valence-electron chi connectivity index (χ3n) is 2.29. The lowest BCUT2D eigenvalue weighted by Gasteiger charge is -2.19. The molecule has 1 rings (SSSR count). The molecule has 0 aliphatic heterocycles. The predicted octanol–water partition coefficient (Wildman–Crippen LogP) is 2.42. The molecule has 0 aliphatic rings. The van der Waals surface area contributed by atoms with Crippen LogP contribution < -0.4 is 5.73 Å². The van der Waals surface area contributed by atoms with E-state index >= 15 is 0 Å². The van der Waals surface area contributed by atoms with Crippen LogP contribution in [0.3, 0.4) is 0 Å². The average Bonchev–Trinajstić information content (AvgIpc) is 2.23. The molecule has 1 aromatic carbocycles. The first kappa shape index (κ1) is 14.8. The van der Waals surface area contributed by atoms with E-state index in [0.29, 0.717) is 12.1 Å². The van der Waals surface area contributed by atoms with E-state index in [2.05, 4.69) is 0 Å². The Morgan fingerprint density at radius 1 is 1.11 bits per heavy atom. The molecular formula is C10H9F6NO. The second-order valence-corrected chi connectivity index (χ2v) is 3.70. The zero-order valence-corrected chi connectivity index (χ0v) is 8.81. The molecule has 2 nitrogen and oxygen atoms in total.